The number of hydrogen-bond acceptors (Lipinski definition) is 18. The van der Waals surface area contributed by atoms with E-state index in [0.29, 0.717) is 66.4 Å². The zero-order chi connectivity index (χ0) is 51.3. The van der Waals surface area contributed by atoms with Gasteiger partial charge in [-0.1, -0.05) is 23.2 Å². The Hall–Kier alpha value is -6.64. The molecule has 0 spiro atoms. The Balaban J connectivity index is 0.000000144. The minimum Gasteiger partial charge on any atom is -0.368 e. The van der Waals surface area contributed by atoms with Crippen molar-refractivity contribution in [2.45, 2.75) is 64.7 Å². The first-order valence-corrected chi connectivity index (χ1v) is 24.0. The maximum absolute atomic E-state index is 13.0. The first-order chi connectivity index (χ1) is 35.2. The molecule has 4 fully saturated rings. The number of rotatable bonds is 8. The number of aryl methyl sites for hydroxylation is 2. The first-order valence-electron chi connectivity index (χ1n) is 23.2. The molecule has 25 heteroatoms. The van der Waals surface area contributed by atoms with Crippen molar-refractivity contribution >= 4 is 74.7 Å². The molecule has 11 rings (SSSR count). The molecule has 0 saturated carbocycles. The summed E-state index contributed by atoms with van der Waals surface area (Å²) in [5.74, 6) is 0.670. The van der Waals surface area contributed by atoms with Crippen LogP contribution in [0.2, 0.25) is 10.0 Å². The molecule has 73 heavy (non-hydrogen) atoms. The summed E-state index contributed by atoms with van der Waals surface area (Å²) >= 11 is 12.3. The number of carbonyl (C=O) groups excluding carboxylic acids is 3. The van der Waals surface area contributed by atoms with Crippen LogP contribution in [0.5, 0.6) is 0 Å². The number of H-pyrrole nitrogens is 1. The zero-order valence-electron chi connectivity index (χ0n) is 39.5. The molecule has 9 heterocycles. The lowest BCUT2D eigenvalue weighted by Crippen LogP contribution is -2.58. The topological polar surface area (TPSA) is 272 Å². The first kappa shape index (κ1) is 51.3. The summed E-state index contributed by atoms with van der Waals surface area (Å²) in [5.41, 5.74) is 6.59. The number of pyridine rings is 2. The van der Waals surface area contributed by atoms with Crippen molar-refractivity contribution in [3.8, 4) is 11.5 Å². The predicted octanol–water partition coefficient (Wildman–Crippen LogP) is 2.69. The molecule has 4 saturated heterocycles. The largest absolute Gasteiger partial charge is 0.368 e. The van der Waals surface area contributed by atoms with Gasteiger partial charge >= 0.3 is 0 Å². The number of carbonyl (C=O) groups is 3. The van der Waals surface area contributed by atoms with E-state index < -0.39 is 37.7 Å². The molecule has 0 aliphatic carbocycles. The van der Waals surface area contributed by atoms with Crippen LogP contribution in [0.15, 0.2) is 85.5 Å². The monoisotopic (exact) mass is 1040 g/mol. The van der Waals surface area contributed by atoms with Gasteiger partial charge in [-0.05, 0) is 85.6 Å². The fraction of sp³-hybridized carbons (Fsp3) is 0.375. The van der Waals surface area contributed by atoms with E-state index in [1.165, 1.54) is 4.68 Å². The minimum atomic E-state index is -1.58. The molecule has 384 valence electrons. The molecule has 4 aliphatic heterocycles. The average molecular weight is 1040 g/mol. The van der Waals surface area contributed by atoms with Crippen LogP contribution in [0, 0.1) is 13.8 Å². The number of piperazine rings is 2. The highest BCUT2D eigenvalue weighted by Crippen LogP contribution is 2.29. The lowest BCUT2D eigenvalue weighted by molar-refractivity contribution is -0.494. The van der Waals surface area contributed by atoms with E-state index in [9.17, 15) is 14.4 Å². The molecule has 4 aliphatic rings. The minimum absolute atomic E-state index is 0.0283. The van der Waals surface area contributed by atoms with Gasteiger partial charge in [0.25, 0.3) is 0 Å². The van der Waals surface area contributed by atoms with Gasteiger partial charge in [-0.2, -0.15) is 10.2 Å². The number of nitrogens with zero attached hydrogens (tertiary/aromatic N) is 11. The average Bonchev–Trinajstić information content (AvgIpc) is 4.16. The Bertz CT molecular complexity index is 3010. The summed E-state index contributed by atoms with van der Waals surface area (Å²) < 4.78 is 21.9. The number of aliphatic hydroxyl groups is 4. The van der Waals surface area contributed by atoms with Crippen LogP contribution in [-0.2, 0) is 41.6 Å². The highest BCUT2D eigenvalue weighted by molar-refractivity contribution is 6.31. The Kier molecular flexibility index (Phi) is 15.9. The van der Waals surface area contributed by atoms with Crippen molar-refractivity contribution in [2.75, 3.05) is 62.2 Å². The molecule has 4 atom stereocenters. The quantitative estimate of drug-likeness (QED) is 0.137. The molecule has 7 aromatic rings. The molecular formula is C48H52Cl2N12O11. The number of anilines is 2. The summed E-state index contributed by atoms with van der Waals surface area (Å²) in [5, 5.41) is 47.9. The number of halogens is 2. The smallest absolute Gasteiger partial charge is 0.244 e. The van der Waals surface area contributed by atoms with Gasteiger partial charge < -0.3 is 64.0 Å². The predicted molar refractivity (Wildman–Crippen MR) is 264 cm³/mol. The summed E-state index contributed by atoms with van der Waals surface area (Å²) in [7, 11) is 0. The third kappa shape index (κ3) is 11.6. The van der Waals surface area contributed by atoms with Crippen LogP contribution in [0.3, 0.4) is 0 Å². The van der Waals surface area contributed by atoms with Gasteiger partial charge in [-0.25, -0.2) is 24.3 Å². The fourth-order valence-corrected chi connectivity index (χ4v) is 8.83. The molecule has 0 radical (unpaired) electrons. The molecule has 2 aromatic carbocycles. The van der Waals surface area contributed by atoms with Crippen molar-refractivity contribution in [1.29, 1.82) is 0 Å². The standard InChI is InChI=1S/C22H22ClN7O.C20H20ClN5O2.C6H10O8/c1-15-13-16(4-5-18(15)23)28-9-11-29(12-10-28)19(31)14-30-22-17(3-2-6-26-22)20(27-30)21-24-7-8-25-21;1-14-11-15(4-5-17(14)21)24-7-9-25(10-8-24)19(28)12-26-20-16(3-2-6-22-20)18(13-27)23-26;7-1-2(8)12-6-5(11-1)13-3(9)4(10)14-6/h2-8,13H,9-12,14H2,1H3,(H,24,25);2-6,11,13H,7-10,12H2,1H3;1-10H. The number of hydrogen-bond donors (Lipinski definition) is 5. The number of nitrogens with one attached hydrogen (secondary N) is 1. The van der Waals surface area contributed by atoms with Crippen LogP contribution in [0.25, 0.3) is 33.6 Å². The maximum Gasteiger partial charge on any atom is 0.244 e. The molecule has 0 bridgehead atoms. The van der Waals surface area contributed by atoms with E-state index >= 15 is 0 Å². The maximum atomic E-state index is 13.0. The zero-order valence-corrected chi connectivity index (χ0v) is 41.0. The van der Waals surface area contributed by atoms with Gasteiger partial charge in [0, 0.05) is 104 Å². The summed E-state index contributed by atoms with van der Waals surface area (Å²) in [6.45, 7) is 9.88. The number of aromatic nitrogens is 8. The molecule has 5 aromatic heterocycles. The SMILES string of the molecule is Cc1cc(N2CCN(C(=O)Cn3nc(-c4ncc[nH]4)c4cccnc43)CC2)ccc1Cl.Cc1cc(N2CCN(C(=O)Cn3nc(C=O)c4cccnc43)CC2)ccc1Cl.OC1OC2OC(O)C(O)OC2OC1O. The number of amides is 2. The van der Waals surface area contributed by atoms with Gasteiger partial charge in [0.15, 0.2) is 23.4 Å². The van der Waals surface area contributed by atoms with E-state index in [0.717, 1.165) is 64.1 Å². The highest BCUT2D eigenvalue weighted by atomic mass is 35.5. The van der Waals surface area contributed by atoms with Crippen molar-refractivity contribution in [3.05, 3.63) is 112 Å². The highest BCUT2D eigenvalue weighted by Gasteiger charge is 2.46. The second-order valence-electron chi connectivity index (χ2n) is 17.3. The second-order valence-corrected chi connectivity index (χ2v) is 18.1. The lowest BCUT2D eigenvalue weighted by atomic mass is 10.2. The van der Waals surface area contributed by atoms with E-state index in [2.05, 4.69) is 71.0 Å². The van der Waals surface area contributed by atoms with Crippen molar-refractivity contribution < 1.29 is 53.8 Å². The summed E-state index contributed by atoms with van der Waals surface area (Å²) in [6, 6.07) is 19.4. The van der Waals surface area contributed by atoms with Crippen LogP contribution < -0.4 is 9.80 Å². The third-order valence-electron chi connectivity index (χ3n) is 12.5. The van der Waals surface area contributed by atoms with Gasteiger partial charge in [0.05, 0.1) is 5.39 Å². The molecule has 4 unspecified atom stereocenters. The number of ether oxygens (including phenoxy) is 4. The van der Waals surface area contributed by atoms with E-state index in [4.69, 9.17) is 43.6 Å². The Morgan fingerprint density at radius 3 is 1.52 bits per heavy atom. The Labute approximate surface area is 427 Å². The Morgan fingerprint density at radius 1 is 0.630 bits per heavy atom. The van der Waals surface area contributed by atoms with E-state index in [1.54, 1.807) is 41.6 Å². The van der Waals surface area contributed by atoms with Crippen molar-refractivity contribution in [3.63, 3.8) is 0 Å². The normalized spacial score (nSPS) is 22.0. The third-order valence-corrected chi connectivity index (χ3v) is 13.4. The molecule has 5 N–H and O–H groups in total. The molecular weight excluding hydrogens is 992 g/mol. The number of imidazole rings is 1. The lowest BCUT2D eigenvalue weighted by Gasteiger charge is -2.42. The molecule has 2 amide bonds. The second kappa shape index (κ2) is 22.6. The Morgan fingerprint density at radius 2 is 1.08 bits per heavy atom. The van der Waals surface area contributed by atoms with Crippen LogP contribution in [0.4, 0.5) is 11.4 Å². The van der Waals surface area contributed by atoms with Gasteiger partial charge in [-0.15, -0.1) is 0 Å². The fourth-order valence-electron chi connectivity index (χ4n) is 8.60. The summed E-state index contributed by atoms with van der Waals surface area (Å²) in [6.07, 6.45) is -1.23. The van der Waals surface area contributed by atoms with Gasteiger partial charge in [0.1, 0.15) is 24.5 Å². The molecule has 23 nitrogen and oxygen atoms in total. The van der Waals surface area contributed by atoms with Crippen molar-refractivity contribution in [1.82, 2.24) is 49.3 Å². The van der Waals surface area contributed by atoms with Crippen LogP contribution in [-0.4, -0.2) is 178 Å². The number of aldehydes is 1. The summed E-state index contributed by atoms with van der Waals surface area (Å²) in [4.78, 5) is 61.4. The van der Waals surface area contributed by atoms with Crippen molar-refractivity contribution in [2.24, 2.45) is 0 Å². The number of aliphatic hydroxyl groups excluding tert-OH is 4. The van der Waals surface area contributed by atoms with E-state index in [1.807, 2.05) is 60.0 Å². The van der Waals surface area contributed by atoms with E-state index in [-0.39, 0.29) is 24.9 Å². The van der Waals surface area contributed by atoms with Crippen LogP contribution >= 0.6 is 23.2 Å². The van der Waals surface area contributed by atoms with Gasteiger partial charge in [-0.3, -0.25) is 14.4 Å². The number of fused-ring (bicyclic) bond motifs is 3. The number of aromatic amines is 1. The number of benzene rings is 2. The van der Waals surface area contributed by atoms with Crippen LogP contribution in [0.1, 0.15) is 21.6 Å². The van der Waals surface area contributed by atoms with Gasteiger partial charge in [0.2, 0.25) is 49.6 Å².